The average molecular weight is 294 g/mol. The summed E-state index contributed by atoms with van der Waals surface area (Å²) >= 11 is 0. The van der Waals surface area contributed by atoms with Crippen LogP contribution >= 0.6 is 0 Å². The third-order valence-corrected chi connectivity index (χ3v) is 3.18. The van der Waals surface area contributed by atoms with Crippen molar-refractivity contribution in [3.63, 3.8) is 0 Å². The molecule has 0 radical (unpaired) electrons. The van der Waals surface area contributed by atoms with Crippen molar-refractivity contribution >= 4 is 17.9 Å². The van der Waals surface area contributed by atoms with Crippen molar-refractivity contribution in [1.82, 2.24) is 0 Å². The van der Waals surface area contributed by atoms with Crippen molar-refractivity contribution in [3.8, 4) is 0 Å². The van der Waals surface area contributed by atoms with Crippen LogP contribution in [0.5, 0.6) is 0 Å². The van der Waals surface area contributed by atoms with Crippen molar-refractivity contribution < 1.29 is 29.7 Å². The number of aryl methyl sites for hydroxylation is 2. The van der Waals surface area contributed by atoms with Crippen LogP contribution in [0.4, 0.5) is 0 Å². The molecule has 1 rings (SSSR count). The number of aliphatic carboxylic acids is 3. The third-order valence-electron chi connectivity index (χ3n) is 3.18. The SMILES string of the molecule is O=C(O)CCc1cccc(CCC(=O)O)c1CCC(=O)O. The summed E-state index contributed by atoms with van der Waals surface area (Å²) in [5, 5.41) is 26.3. The van der Waals surface area contributed by atoms with Crippen molar-refractivity contribution in [2.24, 2.45) is 0 Å². The Balaban J connectivity index is 2.97. The Bertz CT molecular complexity index is 499. The monoisotopic (exact) mass is 294 g/mol. The second kappa shape index (κ2) is 8.04. The van der Waals surface area contributed by atoms with E-state index in [1.807, 2.05) is 0 Å². The Hall–Kier alpha value is -2.37. The molecule has 1 aromatic rings. The van der Waals surface area contributed by atoms with Gasteiger partial charge in [-0.05, 0) is 36.0 Å². The van der Waals surface area contributed by atoms with Gasteiger partial charge in [0.1, 0.15) is 0 Å². The Kier molecular flexibility index (Phi) is 6.39. The van der Waals surface area contributed by atoms with Crippen LogP contribution in [-0.2, 0) is 33.6 Å². The largest absolute Gasteiger partial charge is 0.481 e. The highest BCUT2D eigenvalue weighted by Gasteiger charge is 2.12. The molecule has 0 aliphatic rings. The number of hydrogen-bond acceptors (Lipinski definition) is 3. The van der Waals surface area contributed by atoms with Gasteiger partial charge >= 0.3 is 17.9 Å². The molecule has 6 heteroatoms. The molecule has 0 fully saturated rings. The van der Waals surface area contributed by atoms with Gasteiger partial charge in [-0.3, -0.25) is 14.4 Å². The van der Waals surface area contributed by atoms with Crippen LogP contribution in [0.3, 0.4) is 0 Å². The summed E-state index contributed by atoms with van der Waals surface area (Å²) in [6, 6.07) is 5.29. The minimum atomic E-state index is -0.938. The molecule has 114 valence electrons. The second-order valence-corrected chi connectivity index (χ2v) is 4.74. The van der Waals surface area contributed by atoms with Crippen LogP contribution in [-0.4, -0.2) is 33.2 Å². The van der Waals surface area contributed by atoms with Crippen molar-refractivity contribution in [2.75, 3.05) is 0 Å². The van der Waals surface area contributed by atoms with Gasteiger partial charge in [0.2, 0.25) is 0 Å². The molecule has 0 saturated carbocycles. The number of hydrogen-bond donors (Lipinski definition) is 3. The highest BCUT2D eigenvalue weighted by molar-refractivity contribution is 5.69. The lowest BCUT2D eigenvalue weighted by molar-refractivity contribution is -0.138. The molecule has 0 spiro atoms. The number of rotatable bonds is 9. The molecular formula is C15H18O6. The smallest absolute Gasteiger partial charge is 0.303 e. The van der Waals surface area contributed by atoms with Crippen molar-refractivity contribution in [1.29, 1.82) is 0 Å². The normalized spacial score (nSPS) is 10.3. The Morgan fingerprint density at radius 3 is 1.48 bits per heavy atom. The summed E-state index contributed by atoms with van der Waals surface area (Å²) in [6.45, 7) is 0. The maximum absolute atomic E-state index is 10.7. The van der Waals surface area contributed by atoms with E-state index in [1.54, 1.807) is 18.2 Å². The first-order valence-electron chi connectivity index (χ1n) is 6.65. The number of benzene rings is 1. The standard InChI is InChI=1S/C15H18O6/c16-13(17)7-4-10-2-1-3-11(5-8-14(18)19)12(10)6-9-15(20)21/h1-3H,4-9H2,(H,16,17)(H,18,19)(H,20,21). The van der Waals surface area contributed by atoms with Gasteiger partial charge in [0.15, 0.2) is 0 Å². The number of carboxylic acid groups (broad SMARTS) is 3. The summed E-state index contributed by atoms with van der Waals surface area (Å²) in [5.74, 6) is -2.78. The Labute approximate surface area is 122 Å². The summed E-state index contributed by atoms with van der Waals surface area (Å²) in [4.78, 5) is 32.1. The molecule has 0 unspecified atom stereocenters. The van der Waals surface area contributed by atoms with E-state index in [0.717, 1.165) is 16.7 Å². The van der Waals surface area contributed by atoms with Crippen LogP contribution < -0.4 is 0 Å². The van der Waals surface area contributed by atoms with Gasteiger partial charge in [-0.25, -0.2) is 0 Å². The minimum Gasteiger partial charge on any atom is -0.481 e. The predicted octanol–water partition coefficient (Wildman–Crippen LogP) is 1.74. The third kappa shape index (κ3) is 6.07. The van der Waals surface area contributed by atoms with E-state index in [2.05, 4.69) is 0 Å². The van der Waals surface area contributed by atoms with Crippen LogP contribution in [0.2, 0.25) is 0 Å². The average Bonchev–Trinajstić information content (AvgIpc) is 2.40. The maximum atomic E-state index is 10.7. The summed E-state index contributed by atoms with van der Waals surface area (Å²) in [6.07, 6.45) is 0.755. The van der Waals surface area contributed by atoms with E-state index in [-0.39, 0.29) is 25.7 Å². The molecule has 0 amide bonds. The molecule has 0 bridgehead atoms. The molecule has 0 aromatic heterocycles. The highest BCUT2D eigenvalue weighted by atomic mass is 16.4. The molecule has 0 atom stereocenters. The van der Waals surface area contributed by atoms with Gasteiger partial charge in [-0.1, -0.05) is 18.2 Å². The van der Waals surface area contributed by atoms with Gasteiger partial charge in [-0.15, -0.1) is 0 Å². The first-order chi connectivity index (χ1) is 9.90. The summed E-state index contributed by atoms with van der Waals surface area (Å²) in [5.41, 5.74) is 2.32. The van der Waals surface area contributed by atoms with E-state index in [0.29, 0.717) is 12.8 Å². The van der Waals surface area contributed by atoms with Gasteiger partial charge in [0.25, 0.3) is 0 Å². The molecule has 0 heterocycles. The zero-order valence-electron chi connectivity index (χ0n) is 11.5. The molecular weight excluding hydrogens is 276 g/mol. The maximum Gasteiger partial charge on any atom is 0.303 e. The minimum absolute atomic E-state index is 0.0392. The molecule has 0 aliphatic heterocycles. The van der Waals surface area contributed by atoms with Crippen molar-refractivity contribution in [2.45, 2.75) is 38.5 Å². The van der Waals surface area contributed by atoms with Gasteiger partial charge in [-0.2, -0.15) is 0 Å². The van der Waals surface area contributed by atoms with Crippen LogP contribution in [0.1, 0.15) is 36.0 Å². The number of carboxylic acids is 3. The summed E-state index contributed by atoms with van der Waals surface area (Å²) in [7, 11) is 0. The Morgan fingerprint density at radius 1 is 0.714 bits per heavy atom. The summed E-state index contributed by atoms with van der Waals surface area (Å²) < 4.78 is 0. The molecule has 6 nitrogen and oxygen atoms in total. The van der Waals surface area contributed by atoms with Crippen LogP contribution in [0, 0.1) is 0 Å². The van der Waals surface area contributed by atoms with E-state index in [1.165, 1.54) is 0 Å². The highest BCUT2D eigenvalue weighted by Crippen LogP contribution is 2.20. The van der Waals surface area contributed by atoms with E-state index in [9.17, 15) is 14.4 Å². The number of carbonyl (C=O) groups is 3. The lowest BCUT2D eigenvalue weighted by Gasteiger charge is -2.13. The van der Waals surface area contributed by atoms with Gasteiger partial charge < -0.3 is 15.3 Å². The molecule has 3 N–H and O–H groups in total. The second-order valence-electron chi connectivity index (χ2n) is 4.74. The first-order valence-corrected chi connectivity index (χ1v) is 6.65. The molecule has 21 heavy (non-hydrogen) atoms. The fourth-order valence-corrected chi connectivity index (χ4v) is 2.19. The lowest BCUT2D eigenvalue weighted by Crippen LogP contribution is -2.08. The Morgan fingerprint density at radius 2 is 1.10 bits per heavy atom. The quantitative estimate of drug-likeness (QED) is 0.639. The predicted molar refractivity (Wildman–Crippen MR) is 74.3 cm³/mol. The van der Waals surface area contributed by atoms with Crippen LogP contribution in [0.25, 0.3) is 0 Å². The zero-order chi connectivity index (χ0) is 15.8. The molecule has 0 aliphatic carbocycles. The topological polar surface area (TPSA) is 112 Å². The lowest BCUT2D eigenvalue weighted by atomic mass is 9.92. The zero-order valence-corrected chi connectivity index (χ0v) is 11.5. The van der Waals surface area contributed by atoms with Gasteiger partial charge in [0, 0.05) is 19.3 Å². The fourth-order valence-electron chi connectivity index (χ4n) is 2.19. The van der Waals surface area contributed by atoms with E-state index < -0.39 is 17.9 Å². The molecule has 0 saturated heterocycles. The van der Waals surface area contributed by atoms with Crippen LogP contribution in [0.15, 0.2) is 18.2 Å². The van der Waals surface area contributed by atoms with E-state index in [4.69, 9.17) is 15.3 Å². The first kappa shape index (κ1) is 16.7. The molecule has 1 aromatic carbocycles. The van der Waals surface area contributed by atoms with E-state index >= 15 is 0 Å². The fraction of sp³-hybridized carbons (Fsp3) is 0.400. The van der Waals surface area contributed by atoms with Crippen molar-refractivity contribution in [3.05, 3.63) is 34.9 Å². The van der Waals surface area contributed by atoms with Gasteiger partial charge in [0.05, 0.1) is 0 Å².